The molecule has 2 heterocycles. The molecule has 0 amide bonds. The van der Waals surface area contributed by atoms with Gasteiger partial charge in [-0.05, 0) is 6.07 Å². The van der Waals surface area contributed by atoms with Crippen LogP contribution in [0.15, 0.2) is 24.5 Å². The van der Waals surface area contributed by atoms with Gasteiger partial charge in [0.2, 0.25) is 0 Å². The van der Waals surface area contributed by atoms with Gasteiger partial charge in [0.1, 0.15) is 11.5 Å². The zero-order valence-electron chi connectivity index (χ0n) is 11.7. The Morgan fingerprint density at radius 1 is 1.33 bits per heavy atom. The molecule has 0 aliphatic heterocycles. The van der Waals surface area contributed by atoms with E-state index in [1.54, 1.807) is 36.1 Å². The first-order chi connectivity index (χ1) is 9.81. The topological polar surface area (TPSA) is 60.0 Å². The Morgan fingerprint density at radius 3 is 2.57 bits per heavy atom. The van der Waals surface area contributed by atoms with Gasteiger partial charge in [-0.2, -0.15) is 18.3 Å². The molecule has 2 rings (SSSR count). The van der Waals surface area contributed by atoms with Crippen molar-refractivity contribution in [2.24, 2.45) is 12.8 Å². The summed E-state index contributed by atoms with van der Waals surface area (Å²) in [6.07, 6.45) is -1.02. The van der Waals surface area contributed by atoms with Crippen molar-refractivity contribution < 1.29 is 13.2 Å². The number of hydrogen-bond donors (Lipinski definition) is 1. The minimum absolute atomic E-state index is 0.123. The summed E-state index contributed by atoms with van der Waals surface area (Å²) >= 11 is 0. The first-order valence-electron chi connectivity index (χ1n) is 6.27. The van der Waals surface area contributed by atoms with Crippen LogP contribution < -0.4 is 10.6 Å². The van der Waals surface area contributed by atoms with Crippen LogP contribution in [-0.2, 0) is 26.3 Å². The van der Waals surface area contributed by atoms with E-state index in [4.69, 9.17) is 5.73 Å². The molecule has 0 saturated heterocycles. The van der Waals surface area contributed by atoms with Gasteiger partial charge in [-0.3, -0.25) is 4.68 Å². The molecule has 2 N–H and O–H groups in total. The molecule has 114 valence electrons. The van der Waals surface area contributed by atoms with Crippen LogP contribution in [0.25, 0.3) is 0 Å². The quantitative estimate of drug-likeness (QED) is 0.937. The molecule has 0 aliphatic carbocycles. The van der Waals surface area contributed by atoms with Crippen LogP contribution >= 0.6 is 0 Å². The van der Waals surface area contributed by atoms with Crippen molar-refractivity contribution in [3.05, 3.63) is 41.3 Å². The second-order valence-corrected chi connectivity index (χ2v) is 4.76. The molecule has 21 heavy (non-hydrogen) atoms. The lowest BCUT2D eigenvalue weighted by Crippen LogP contribution is -2.22. The van der Waals surface area contributed by atoms with Crippen LogP contribution in [0.4, 0.5) is 19.0 Å². The third kappa shape index (κ3) is 3.52. The molecule has 0 bridgehead atoms. The zero-order chi connectivity index (χ0) is 15.6. The molecular weight excluding hydrogens is 283 g/mol. The highest BCUT2D eigenvalue weighted by atomic mass is 19.4. The lowest BCUT2D eigenvalue weighted by atomic mass is 10.2. The van der Waals surface area contributed by atoms with E-state index in [0.717, 1.165) is 11.6 Å². The Labute approximate surface area is 120 Å². The third-order valence-corrected chi connectivity index (χ3v) is 3.01. The highest BCUT2D eigenvalue weighted by Gasteiger charge is 2.33. The van der Waals surface area contributed by atoms with E-state index in [9.17, 15) is 13.2 Å². The first kappa shape index (κ1) is 15.3. The Kier molecular flexibility index (Phi) is 4.17. The van der Waals surface area contributed by atoms with Gasteiger partial charge in [0.25, 0.3) is 0 Å². The summed E-state index contributed by atoms with van der Waals surface area (Å²) in [7, 11) is 3.45. The molecule has 8 heteroatoms. The van der Waals surface area contributed by atoms with Crippen LogP contribution in [-0.4, -0.2) is 21.8 Å². The average molecular weight is 299 g/mol. The van der Waals surface area contributed by atoms with Gasteiger partial charge in [-0.25, -0.2) is 4.98 Å². The molecule has 5 nitrogen and oxygen atoms in total. The van der Waals surface area contributed by atoms with Crippen molar-refractivity contribution in [3.8, 4) is 0 Å². The maximum absolute atomic E-state index is 12.8. The smallest absolute Gasteiger partial charge is 0.355 e. The first-order valence-corrected chi connectivity index (χ1v) is 6.27. The molecule has 0 aliphatic rings. The van der Waals surface area contributed by atoms with Crippen molar-refractivity contribution in [2.45, 2.75) is 19.3 Å². The highest BCUT2D eigenvalue weighted by Crippen LogP contribution is 2.30. The fourth-order valence-electron chi connectivity index (χ4n) is 2.03. The van der Waals surface area contributed by atoms with Gasteiger partial charge in [-0.1, -0.05) is 6.07 Å². The van der Waals surface area contributed by atoms with Crippen LogP contribution in [0.3, 0.4) is 0 Å². The fraction of sp³-hybridized carbons (Fsp3) is 0.385. The number of alkyl halides is 3. The van der Waals surface area contributed by atoms with E-state index in [-0.39, 0.29) is 12.4 Å². The number of hydrogen-bond acceptors (Lipinski definition) is 4. The molecule has 0 saturated carbocycles. The largest absolute Gasteiger partial charge is 0.433 e. The summed E-state index contributed by atoms with van der Waals surface area (Å²) in [5.74, 6) is 0.233. The SMILES string of the molecule is CN(Cc1cnn(C)c1)c1nc(C(F)(F)F)ccc1CN. The standard InChI is InChI=1S/C13H16F3N5/c1-20(7-9-6-18-21(2)8-9)12-10(5-17)3-4-11(19-12)13(14,15)16/h3-4,6,8H,5,7,17H2,1-2H3. The summed E-state index contributed by atoms with van der Waals surface area (Å²) in [6.45, 7) is 0.521. The summed E-state index contributed by atoms with van der Waals surface area (Å²) in [5, 5.41) is 4.03. The minimum atomic E-state index is -4.48. The molecule has 0 radical (unpaired) electrons. The van der Waals surface area contributed by atoms with Gasteiger partial charge in [0.15, 0.2) is 0 Å². The maximum atomic E-state index is 12.8. The van der Waals surface area contributed by atoms with Crippen LogP contribution in [0.2, 0.25) is 0 Å². The molecule has 0 atom stereocenters. The number of pyridine rings is 1. The van der Waals surface area contributed by atoms with Crippen LogP contribution in [0.5, 0.6) is 0 Å². The highest BCUT2D eigenvalue weighted by molar-refractivity contribution is 5.48. The van der Waals surface area contributed by atoms with Gasteiger partial charge in [0.05, 0.1) is 6.20 Å². The van der Waals surface area contributed by atoms with Crippen molar-refractivity contribution in [1.82, 2.24) is 14.8 Å². The predicted octanol–water partition coefficient (Wildman–Crippen LogP) is 1.93. The predicted molar refractivity (Wildman–Crippen MR) is 72.4 cm³/mol. The summed E-state index contributed by atoms with van der Waals surface area (Å²) in [4.78, 5) is 5.34. The number of nitrogens with zero attached hydrogens (tertiary/aromatic N) is 4. The minimum Gasteiger partial charge on any atom is -0.355 e. The van der Waals surface area contributed by atoms with Gasteiger partial charge >= 0.3 is 6.18 Å². The third-order valence-electron chi connectivity index (χ3n) is 3.01. The lowest BCUT2D eigenvalue weighted by molar-refractivity contribution is -0.141. The van der Waals surface area contributed by atoms with E-state index in [0.29, 0.717) is 12.1 Å². The Balaban J connectivity index is 2.31. The molecule has 0 aromatic carbocycles. The number of aromatic nitrogens is 3. The normalized spacial score (nSPS) is 11.7. The van der Waals surface area contributed by atoms with Crippen molar-refractivity contribution in [3.63, 3.8) is 0 Å². The zero-order valence-corrected chi connectivity index (χ0v) is 11.7. The molecule has 2 aromatic rings. The Bertz CT molecular complexity index is 621. The molecule has 0 spiro atoms. The number of rotatable bonds is 4. The van der Waals surface area contributed by atoms with Crippen molar-refractivity contribution in [2.75, 3.05) is 11.9 Å². The molecule has 0 unspecified atom stereocenters. The maximum Gasteiger partial charge on any atom is 0.433 e. The number of halogens is 3. The van der Waals surface area contributed by atoms with Gasteiger partial charge < -0.3 is 10.6 Å². The van der Waals surface area contributed by atoms with Crippen LogP contribution in [0.1, 0.15) is 16.8 Å². The average Bonchev–Trinajstić information content (AvgIpc) is 2.82. The number of nitrogens with two attached hydrogens (primary N) is 1. The summed E-state index contributed by atoms with van der Waals surface area (Å²) in [5.41, 5.74) is 6.10. The number of aryl methyl sites for hydroxylation is 1. The monoisotopic (exact) mass is 299 g/mol. The summed E-state index contributed by atoms with van der Waals surface area (Å²) < 4.78 is 39.9. The van der Waals surface area contributed by atoms with E-state index in [2.05, 4.69) is 10.1 Å². The fourth-order valence-corrected chi connectivity index (χ4v) is 2.03. The lowest BCUT2D eigenvalue weighted by Gasteiger charge is -2.21. The summed E-state index contributed by atoms with van der Waals surface area (Å²) in [6, 6.07) is 2.31. The molecule has 2 aromatic heterocycles. The van der Waals surface area contributed by atoms with Crippen LogP contribution in [0, 0.1) is 0 Å². The molecule has 0 fully saturated rings. The van der Waals surface area contributed by atoms with E-state index in [1.165, 1.54) is 6.07 Å². The Hall–Kier alpha value is -2.09. The van der Waals surface area contributed by atoms with E-state index in [1.807, 2.05) is 0 Å². The van der Waals surface area contributed by atoms with Gasteiger partial charge in [0, 0.05) is 44.5 Å². The van der Waals surface area contributed by atoms with Crippen molar-refractivity contribution >= 4 is 5.82 Å². The number of anilines is 1. The van der Waals surface area contributed by atoms with Gasteiger partial charge in [-0.15, -0.1) is 0 Å². The van der Waals surface area contributed by atoms with Crippen molar-refractivity contribution in [1.29, 1.82) is 0 Å². The Morgan fingerprint density at radius 2 is 2.05 bits per heavy atom. The second-order valence-electron chi connectivity index (χ2n) is 4.76. The molecular formula is C13H16F3N5. The second kappa shape index (κ2) is 5.72. The van der Waals surface area contributed by atoms with E-state index >= 15 is 0 Å². The van der Waals surface area contributed by atoms with E-state index < -0.39 is 11.9 Å².